The lowest BCUT2D eigenvalue weighted by molar-refractivity contribution is 0.566. The molecule has 0 radical (unpaired) electrons. The lowest BCUT2D eigenvalue weighted by Gasteiger charge is -2.13. The van der Waals surface area contributed by atoms with Crippen LogP contribution in [0.5, 0.6) is 0 Å². The number of nitrogens with one attached hydrogen (secondary N) is 1. The molecule has 92 valence electrons. The van der Waals surface area contributed by atoms with Gasteiger partial charge in [-0.2, -0.15) is 9.90 Å². The third-order valence-corrected chi connectivity index (χ3v) is 2.93. The van der Waals surface area contributed by atoms with Crippen molar-refractivity contribution in [2.45, 2.75) is 19.4 Å². The maximum atomic E-state index is 4.25. The average molecular weight is 235 g/mol. The molecule has 2 aromatic heterocycles. The third-order valence-electron chi connectivity index (χ3n) is 2.93. The molecular weight excluding hydrogens is 218 g/mol. The Morgan fingerprint density at radius 1 is 1.41 bits per heavy atom. The highest BCUT2D eigenvalue weighted by atomic mass is 15.6. The monoisotopic (exact) mass is 235 g/mol. The summed E-state index contributed by atoms with van der Waals surface area (Å²) < 4.78 is 1.86. The molecule has 0 saturated heterocycles. The molecule has 0 aliphatic carbocycles. The second kappa shape index (κ2) is 4.62. The molecule has 2 aromatic rings. The third kappa shape index (κ3) is 2.33. The Bertz CT molecular complexity index is 498. The molecule has 2 rings (SSSR count). The van der Waals surface area contributed by atoms with Crippen molar-refractivity contribution < 1.29 is 0 Å². The molecule has 0 spiro atoms. The number of rotatable bonds is 4. The van der Waals surface area contributed by atoms with Gasteiger partial charge in [0.1, 0.15) is 0 Å². The standard InChI is InChI=1S/C10H17N7/c1-7-8(6-12-16(7)3)9(11-2)5-10-13-15-17(4)14-10/h6,9,11H,5H2,1-4H3. The zero-order valence-electron chi connectivity index (χ0n) is 10.5. The van der Waals surface area contributed by atoms with Crippen molar-refractivity contribution in [3.63, 3.8) is 0 Å². The summed E-state index contributed by atoms with van der Waals surface area (Å²) in [4.78, 5) is 1.47. The molecule has 0 aliphatic rings. The Hall–Kier alpha value is -1.76. The molecule has 1 atom stereocenters. The summed E-state index contributed by atoms with van der Waals surface area (Å²) in [7, 11) is 5.62. The highest BCUT2D eigenvalue weighted by Crippen LogP contribution is 2.19. The SMILES string of the molecule is CNC(Cc1nnn(C)n1)c1cnn(C)c1C. The maximum Gasteiger partial charge on any atom is 0.176 e. The van der Waals surface area contributed by atoms with Gasteiger partial charge in [0.2, 0.25) is 0 Å². The van der Waals surface area contributed by atoms with Crippen LogP contribution in [0.15, 0.2) is 6.20 Å². The van der Waals surface area contributed by atoms with Crippen LogP contribution in [0.4, 0.5) is 0 Å². The summed E-state index contributed by atoms with van der Waals surface area (Å²) in [5, 5.41) is 19.5. The van der Waals surface area contributed by atoms with Gasteiger partial charge >= 0.3 is 0 Å². The van der Waals surface area contributed by atoms with E-state index >= 15 is 0 Å². The lowest BCUT2D eigenvalue weighted by Crippen LogP contribution is -2.20. The van der Waals surface area contributed by atoms with Gasteiger partial charge in [-0.05, 0) is 19.2 Å². The summed E-state index contributed by atoms with van der Waals surface area (Å²) >= 11 is 0. The van der Waals surface area contributed by atoms with E-state index in [0.29, 0.717) is 6.42 Å². The molecule has 7 nitrogen and oxygen atoms in total. The van der Waals surface area contributed by atoms with Crippen molar-refractivity contribution in [2.75, 3.05) is 7.05 Å². The van der Waals surface area contributed by atoms with Crippen molar-refractivity contribution in [2.24, 2.45) is 14.1 Å². The number of aryl methyl sites for hydroxylation is 2. The van der Waals surface area contributed by atoms with Gasteiger partial charge in [-0.15, -0.1) is 10.2 Å². The zero-order valence-corrected chi connectivity index (χ0v) is 10.5. The topological polar surface area (TPSA) is 73.5 Å². The van der Waals surface area contributed by atoms with Gasteiger partial charge in [-0.1, -0.05) is 0 Å². The fraction of sp³-hybridized carbons (Fsp3) is 0.600. The second-order valence-corrected chi connectivity index (χ2v) is 4.05. The smallest absolute Gasteiger partial charge is 0.176 e. The molecule has 7 heteroatoms. The van der Waals surface area contributed by atoms with Crippen molar-refractivity contribution in [1.29, 1.82) is 0 Å². The first-order valence-electron chi connectivity index (χ1n) is 5.50. The number of hydrogen-bond donors (Lipinski definition) is 1. The minimum atomic E-state index is 0.160. The van der Waals surface area contributed by atoms with E-state index in [1.165, 1.54) is 10.4 Å². The van der Waals surface area contributed by atoms with Crippen LogP contribution in [-0.4, -0.2) is 37.0 Å². The van der Waals surface area contributed by atoms with Crippen molar-refractivity contribution in [1.82, 2.24) is 35.3 Å². The summed E-state index contributed by atoms with van der Waals surface area (Å²) in [6.07, 6.45) is 2.59. The molecule has 1 N–H and O–H groups in total. The maximum absolute atomic E-state index is 4.25. The van der Waals surface area contributed by atoms with Crippen molar-refractivity contribution in [3.05, 3.63) is 23.3 Å². The predicted octanol–water partition coefficient (Wildman–Crippen LogP) is -0.245. The molecule has 0 aromatic carbocycles. The second-order valence-electron chi connectivity index (χ2n) is 4.05. The Labute approximate surface area is 99.8 Å². The number of tetrazole rings is 1. The number of nitrogens with zero attached hydrogens (tertiary/aromatic N) is 6. The van der Waals surface area contributed by atoms with E-state index in [2.05, 4.69) is 32.7 Å². The van der Waals surface area contributed by atoms with E-state index in [4.69, 9.17) is 0 Å². The van der Waals surface area contributed by atoms with Crippen LogP contribution in [0.3, 0.4) is 0 Å². The van der Waals surface area contributed by atoms with Crippen molar-refractivity contribution >= 4 is 0 Å². The quantitative estimate of drug-likeness (QED) is 0.791. The molecule has 0 amide bonds. The highest BCUT2D eigenvalue weighted by Gasteiger charge is 2.17. The Morgan fingerprint density at radius 2 is 2.18 bits per heavy atom. The molecular formula is C10H17N7. The van der Waals surface area contributed by atoms with E-state index in [1.807, 2.05) is 25.0 Å². The van der Waals surface area contributed by atoms with Gasteiger partial charge in [0.15, 0.2) is 5.82 Å². The molecule has 17 heavy (non-hydrogen) atoms. The van der Waals surface area contributed by atoms with Crippen LogP contribution in [0.25, 0.3) is 0 Å². The predicted molar refractivity (Wildman–Crippen MR) is 62.2 cm³/mol. The molecule has 0 bridgehead atoms. The average Bonchev–Trinajstić information content (AvgIpc) is 2.85. The number of likely N-dealkylation sites (N-methyl/N-ethyl adjacent to an activating group) is 1. The first-order valence-corrected chi connectivity index (χ1v) is 5.50. The van der Waals surface area contributed by atoms with Crippen LogP contribution < -0.4 is 5.32 Å². The van der Waals surface area contributed by atoms with E-state index in [9.17, 15) is 0 Å². The van der Waals surface area contributed by atoms with Gasteiger partial charge < -0.3 is 5.32 Å². The van der Waals surface area contributed by atoms with Gasteiger partial charge in [-0.25, -0.2) is 0 Å². The normalized spacial score (nSPS) is 12.9. The zero-order chi connectivity index (χ0) is 12.4. The largest absolute Gasteiger partial charge is 0.313 e. The molecule has 0 aliphatic heterocycles. The van der Waals surface area contributed by atoms with Crippen LogP contribution in [0.2, 0.25) is 0 Å². The van der Waals surface area contributed by atoms with Gasteiger partial charge in [0.25, 0.3) is 0 Å². The first-order chi connectivity index (χ1) is 8.11. The summed E-state index contributed by atoms with van der Waals surface area (Å²) in [5.41, 5.74) is 2.32. The van der Waals surface area contributed by atoms with Crippen LogP contribution in [0.1, 0.15) is 23.1 Å². The van der Waals surface area contributed by atoms with Crippen LogP contribution in [0, 0.1) is 6.92 Å². The van der Waals surface area contributed by atoms with Crippen LogP contribution >= 0.6 is 0 Å². The first kappa shape index (κ1) is 11.7. The number of aromatic nitrogens is 6. The highest BCUT2D eigenvalue weighted by molar-refractivity contribution is 5.21. The van der Waals surface area contributed by atoms with Gasteiger partial charge in [-0.3, -0.25) is 4.68 Å². The molecule has 0 fully saturated rings. The fourth-order valence-corrected chi connectivity index (χ4v) is 1.81. The van der Waals surface area contributed by atoms with E-state index in [1.54, 1.807) is 7.05 Å². The minimum absolute atomic E-state index is 0.160. The lowest BCUT2D eigenvalue weighted by atomic mass is 10.1. The van der Waals surface area contributed by atoms with Crippen LogP contribution in [-0.2, 0) is 20.5 Å². The molecule has 2 heterocycles. The summed E-state index contributed by atoms with van der Waals surface area (Å²) in [6.45, 7) is 2.05. The van der Waals surface area contributed by atoms with E-state index in [0.717, 1.165) is 11.5 Å². The van der Waals surface area contributed by atoms with E-state index in [-0.39, 0.29) is 6.04 Å². The summed E-state index contributed by atoms with van der Waals surface area (Å²) in [5.74, 6) is 0.732. The Morgan fingerprint density at radius 3 is 2.65 bits per heavy atom. The molecule has 1 unspecified atom stereocenters. The Kier molecular flexibility index (Phi) is 3.19. The number of hydrogen-bond acceptors (Lipinski definition) is 5. The minimum Gasteiger partial charge on any atom is -0.313 e. The van der Waals surface area contributed by atoms with Crippen molar-refractivity contribution in [3.8, 4) is 0 Å². The molecule has 0 saturated carbocycles. The fourth-order valence-electron chi connectivity index (χ4n) is 1.81. The van der Waals surface area contributed by atoms with E-state index < -0.39 is 0 Å². The van der Waals surface area contributed by atoms with Gasteiger partial charge in [0, 0.05) is 30.8 Å². The Balaban J connectivity index is 2.19. The van der Waals surface area contributed by atoms with Gasteiger partial charge in [0.05, 0.1) is 13.2 Å². The summed E-state index contributed by atoms with van der Waals surface area (Å²) in [6, 6.07) is 0.160.